The molecular formula is B10. The fourth-order valence-electron chi connectivity index (χ4n) is 0.642. The van der Waals surface area contributed by atoms with E-state index in [1.807, 2.05) is 0 Å². The van der Waals surface area contributed by atoms with Crippen molar-refractivity contribution in [3.8, 4) is 0 Å². The summed E-state index contributed by atoms with van der Waals surface area (Å²) in [7, 11) is 26.8. The zero-order chi connectivity index (χ0) is 7.98. The van der Waals surface area contributed by atoms with Crippen LogP contribution in [0.5, 0.6) is 0 Å². The van der Waals surface area contributed by atoms with Crippen LogP contribution in [0.4, 0.5) is 0 Å². The van der Waals surface area contributed by atoms with Crippen LogP contribution in [0, 0.1) is 0 Å². The summed E-state index contributed by atoms with van der Waals surface area (Å²) in [5, 5.41) is 0. The molecule has 0 heterocycles. The lowest BCUT2D eigenvalue weighted by atomic mass is 8.64. The minimum absolute atomic E-state index is 0.0741. The Hall–Kier alpha value is 0.649. The van der Waals surface area contributed by atoms with Gasteiger partial charge >= 0.3 is 0 Å². The van der Waals surface area contributed by atoms with Gasteiger partial charge in [0.25, 0.3) is 0 Å². The van der Waals surface area contributed by atoms with E-state index in [2.05, 4.69) is 0 Å². The lowest BCUT2D eigenvalue weighted by Crippen LogP contribution is -2.55. The van der Waals surface area contributed by atoms with Crippen LogP contribution in [0.2, 0.25) is 0 Å². The molecule has 10 heteroatoms. The molecular weight excluding hydrogens is 108 g/mol. The van der Waals surface area contributed by atoms with Crippen LogP contribution in [0.3, 0.4) is 0 Å². The second kappa shape index (κ2) is 6.37. The zero-order valence-corrected chi connectivity index (χ0v) is 5.77. The van der Waals surface area contributed by atoms with Crippen molar-refractivity contribution in [1.29, 1.82) is 0 Å². The molecule has 0 N–H and O–H groups in total. The molecule has 12 radical (unpaired) electrons. The molecule has 0 bridgehead atoms. The Morgan fingerprint density at radius 2 is 0.800 bits per heavy atom. The molecule has 0 fully saturated rings. The van der Waals surface area contributed by atoms with Crippen molar-refractivity contribution < 1.29 is 0 Å². The van der Waals surface area contributed by atoms with Crippen LogP contribution in [0.25, 0.3) is 0 Å². The van der Waals surface area contributed by atoms with Crippen LogP contribution >= 0.6 is 0 Å². The molecule has 0 aromatic heterocycles. The molecule has 0 rings (SSSR count). The summed E-state index contributed by atoms with van der Waals surface area (Å²) >= 11 is 0. The van der Waals surface area contributed by atoms with Crippen LogP contribution in [0.15, 0.2) is 0 Å². The fourth-order valence-corrected chi connectivity index (χ4v) is 0.642. The van der Waals surface area contributed by atoms with E-state index >= 15 is 0 Å². The maximum Gasteiger partial charge on any atom is 0 e. The van der Waals surface area contributed by atoms with Crippen molar-refractivity contribution in [2.24, 2.45) is 0 Å². The Bertz CT molecular complexity index is 48.4. The second-order valence-electron chi connectivity index (χ2n) is 1.92. The normalized spacial score (nSPS) is 7.60. The molecule has 0 spiro atoms. The molecule has 0 atom stereocenters. The lowest BCUT2D eigenvalue weighted by Gasteiger charge is -2.17. The first kappa shape index (κ1) is 10.6. The highest BCUT2D eigenvalue weighted by Gasteiger charge is 2.17. The number of rotatable bonds is 5. The van der Waals surface area contributed by atoms with E-state index in [1.165, 1.54) is 28.2 Å². The third kappa shape index (κ3) is 3.16. The average Bonchev–Trinajstić information content (AvgIpc) is 2.00. The van der Waals surface area contributed by atoms with Crippen molar-refractivity contribution in [2.75, 3.05) is 0 Å². The molecule has 0 aromatic carbocycles. The van der Waals surface area contributed by atoms with Crippen LogP contribution in [-0.2, 0) is 0 Å². The van der Waals surface area contributed by atoms with E-state index in [-0.39, 0.29) is 12.8 Å². The molecule has 30 valence electrons. The van der Waals surface area contributed by atoms with Gasteiger partial charge in [-0.2, -0.15) is 0 Å². The fraction of sp³-hybridized carbons (Fsp3) is 0. The summed E-state index contributed by atoms with van der Waals surface area (Å²) in [6.07, 6.45) is -0.148. The van der Waals surface area contributed by atoms with Gasteiger partial charge in [-0.3, -0.25) is 0 Å². The highest BCUT2D eigenvalue weighted by atomic mass is 13.0. The minimum atomic E-state index is -0.0741. The molecule has 0 nitrogen and oxygen atoms in total. The van der Waals surface area contributed by atoms with Gasteiger partial charge in [-0.15, -0.1) is 0 Å². The van der Waals surface area contributed by atoms with Gasteiger partial charge in [0.1, 0.15) is 0 Å². The van der Waals surface area contributed by atoms with E-state index in [4.69, 9.17) is 30.9 Å². The Morgan fingerprint density at radius 1 is 0.600 bits per heavy atom. The Labute approximate surface area is 72.4 Å². The van der Waals surface area contributed by atoms with Crippen LogP contribution in [-0.4, -0.2) is 72.0 Å². The summed E-state index contributed by atoms with van der Waals surface area (Å²) in [4.78, 5) is 0. The lowest BCUT2D eigenvalue weighted by molar-refractivity contribution is 3.59. The molecule has 0 aliphatic rings. The predicted molar refractivity (Wildman–Crippen MR) is 57.5 cm³/mol. The Balaban J connectivity index is 3.70. The van der Waals surface area contributed by atoms with Crippen molar-refractivity contribution in [3.05, 3.63) is 0 Å². The third-order valence-corrected chi connectivity index (χ3v) is 1.33. The highest BCUT2D eigenvalue weighted by Crippen LogP contribution is 1.79. The van der Waals surface area contributed by atoms with Gasteiger partial charge in [0, 0.05) is 72.0 Å². The zero-order valence-electron chi connectivity index (χ0n) is 5.77. The second-order valence-corrected chi connectivity index (χ2v) is 1.92. The summed E-state index contributed by atoms with van der Waals surface area (Å²) in [6, 6.07) is 0. The van der Waals surface area contributed by atoms with Crippen LogP contribution < -0.4 is 0 Å². The standard InChI is InChI=1S/B10/c1-5-9(6-2)10(7-3)8-4. The first-order valence-corrected chi connectivity index (χ1v) is 3.00. The molecule has 0 aliphatic heterocycles. The average molecular weight is 108 g/mol. The quantitative estimate of drug-likeness (QED) is 0.317. The monoisotopic (exact) mass is 110 g/mol. The first-order chi connectivity index (χ1) is 4.79. The van der Waals surface area contributed by atoms with Crippen LogP contribution in [0.1, 0.15) is 0 Å². The number of hydrogen-bond acceptors (Lipinski definition) is 0. The molecule has 0 amide bonds. The maximum absolute atomic E-state index is 5.25. The maximum atomic E-state index is 5.25. The summed E-state index contributed by atoms with van der Waals surface area (Å²) < 4.78 is 0. The Morgan fingerprint density at radius 3 is 0.900 bits per heavy atom. The van der Waals surface area contributed by atoms with Gasteiger partial charge in [-0.1, -0.05) is 0 Å². The van der Waals surface area contributed by atoms with Gasteiger partial charge in [-0.25, -0.2) is 0 Å². The van der Waals surface area contributed by atoms with E-state index in [0.717, 1.165) is 0 Å². The first-order valence-electron chi connectivity index (χ1n) is 3.00. The van der Waals surface area contributed by atoms with E-state index in [1.54, 1.807) is 0 Å². The molecule has 10 heavy (non-hydrogen) atoms. The molecule has 0 saturated heterocycles. The van der Waals surface area contributed by atoms with Crippen molar-refractivity contribution in [3.63, 3.8) is 0 Å². The SMILES string of the molecule is [B][B]B([B][B])B([B][B])[B][B]. The van der Waals surface area contributed by atoms with Crippen molar-refractivity contribution in [2.45, 2.75) is 0 Å². The predicted octanol–water partition coefficient (Wildman–Crippen LogP) is -3.81. The summed E-state index contributed by atoms with van der Waals surface area (Å²) in [5.41, 5.74) is 0. The topological polar surface area (TPSA) is 0 Å². The van der Waals surface area contributed by atoms with Gasteiger partial charge in [-0.05, 0) is 0 Å². The van der Waals surface area contributed by atoms with Gasteiger partial charge in [0.15, 0.2) is 0 Å². The highest BCUT2D eigenvalue weighted by molar-refractivity contribution is 7.93. The van der Waals surface area contributed by atoms with Gasteiger partial charge in [0.05, 0.1) is 0 Å². The third-order valence-electron chi connectivity index (χ3n) is 1.33. The Kier molecular flexibility index (Phi) is 6.78. The van der Waals surface area contributed by atoms with E-state index in [0.29, 0.717) is 0 Å². The molecule has 0 aromatic rings. The smallest absolute Gasteiger partial charge is 0 e. The molecule has 0 aliphatic carbocycles. The minimum Gasteiger partial charge on any atom is 0 e. The van der Waals surface area contributed by atoms with Crippen molar-refractivity contribution >= 4 is 72.0 Å². The largest absolute Gasteiger partial charge is 0 e. The van der Waals surface area contributed by atoms with E-state index in [9.17, 15) is 0 Å². The summed E-state index contributed by atoms with van der Waals surface area (Å²) in [5.74, 6) is 0. The van der Waals surface area contributed by atoms with Crippen molar-refractivity contribution in [1.82, 2.24) is 0 Å². The molecule has 0 unspecified atom stereocenters. The molecule has 0 saturated carbocycles. The van der Waals surface area contributed by atoms with Gasteiger partial charge < -0.3 is 0 Å². The van der Waals surface area contributed by atoms with E-state index < -0.39 is 0 Å². The van der Waals surface area contributed by atoms with Gasteiger partial charge in [0.2, 0.25) is 0 Å². The summed E-state index contributed by atoms with van der Waals surface area (Å²) in [6.45, 7) is 0. The number of hydrogen-bond donors (Lipinski definition) is 0.